The molecule has 1 N–H and O–H groups in total. The van der Waals surface area contributed by atoms with Crippen molar-refractivity contribution in [1.29, 1.82) is 0 Å². The molecule has 0 bridgehead atoms. The van der Waals surface area contributed by atoms with Crippen LogP contribution in [0.15, 0.2) is 34.8 Å². The predicted molar refractivity (Wildman–Crippen MR) is 81.0 cm³/mol. The molecule has 0 spiro atoms. The van der Waals surface area contributed by atoms with Crippen molar-refractivity contribution in [1.82, 2.24) is 10.3 Å². The van der Waals surface area contributed by atoms with Crippen molar-refractivity contribution < 1.29 is 4.74 Å². The molecule has 2 rings (SSSR count). The lowest BCUT2D eigenvalue weighted by atomic mass is 10.2. The fraction of sp³-hybridized carbons (Fsp3) is 0.214. The highest BCUT2D eigenvalue weighted by Crippen LogP contribution is 2.31. The van der Waals surface area contributed by atoms with Gasteiger partial charge in [-0.15, -0.1) is 0 Å². The van der Waals surface area contributed by atoms with E-state index in [1.54, 1.807) is 6.07 Å². The van der Waals surface area contributed by atoms with Crippen LogP contribution in [0.1, 0.15) is 11.3 Å². The zero-order valence-corrected chi connectivity index (χ0v) is 13.0. The molecule has 0 aliphatic carbocycles. The Morgan fingerprint density at radius 3 is 2.79 bits per heavy atom. The molecule has 1 aromatic carbocycles. The number of hydrogen-bond donors (Lipinski definition) is 1. The molecule has 0 aliphatic heterocycles. The lowest BCUT2D eigenvalue weighted by Gasteiger charge is -2.09. The zero-order valence-electron chi connectivity index (χ0n) is 10.7. The van der Waals surface area contributed by atoms with Crippen LogP contribution in [0, 0.1) is 6.92 Å². The first-order valence-electron chi connectivity index (χ1n) is 5.83. The van der Waals surface area contributed by atoms with E-state index in [9.17, 15) is 0 Å². The number of halogens is 2. The minimum atomic E-state index is 0.549. The van der Waals surface area contributed by atoms with E-state index in [4.69, 9.17) is 16.3 Å². The molecule has 0 amide bonds. The molecule has 3 nitrogen and oxygen atoms in total. The largest absolute Gasteiger partial charge is 0.437 e. The van der Waals surface area contributed by atoms with Gasteiger partial charge in [0.1, 0.15) is 5.75 Å². The monoisotopic (exact) mass is 340 g/mol. The number of nitrogens with one attached hydrogen (secondary N) is 1. The lowest BCUT2D eigenvalue weighted by molar-refractivity contribution is 0.460. The molecule has 0 unspecified atom stereocenters. The zero-order chi connectivity index (χ0) is 13.8. The van der Waals surface area contributed by atoms with Gasteiger partial charge in [0, 0.05) is 22.8 Å². The van der Waals surface area contributed by atoms with Crippen molar-refractivity contribution in [3.8, 4) is 11.6 Å². The number of nitrogens with zero attached hydrogens (tertiary/aromatic N) is 1. The third-order valence-corrected chi connectivity index (χ3v) is 3.27. The van der Waals surface area contributed by atoms with Crippen molar-refractivity contribution in [2.75, 3.05) is 7.05 Å². The minimum Gasteiger partial charge on any atom is -0.437 e. The fourth-order valence-electron chi connectivity index (χ4n) is 1.74. The summed E-state index contributed by atoms with van der Waals surface area (Å²) in [5.41, 5.74) is 2.04. The van der Waals surface area contributed by atoms with Gasteiger partial charge >= 0.3 is 0 Å². The first-order valence-corrected chi connectivity index (χ1v) is 7.00. The van der Waals surface area contributed by atoms with Gasteiger partial charge in [-0.3, -0.25) is 0 Å². The van der Waals surface area contributed by atoms with Crippen molar-refractivity contribution >= 4 is 27.5 Å². The van der Waals surface area contributed by atoms with Crippen molar-refractivity contribution in [2.24, 2.45) is 0 Å². The van der Waals surface area contributed by atoms with Gasteiger partial charge in [0.15, 0.2) is 0 Å². The standard InChI is InChI=1S/C14H14BrClN2O/c1-9-5-10(8-17-2)6-14(18-9)19-13-4-3-11(15)7-12(13)16/h3-7,17H,8H2,1-2H3. The molecule has 0 saturated carbocycles. The Hall–Kier alpha value is -1.10. The summed E-state index contributed by atoms with van der Waals surface area (Å²) in [5, 5.41) is 3.65. The lowest BCUT2D eigenvalue weighted by Crippen LogP contribution is -2.06. The van der Waals surface area contributed by atoms with Crippen LogP contribution in [-0.4, -0.2) is 12.0 Å². The molecule has 0 fully saturated rings. The van der Waals surface area contributed by atoms with Crippen LogP contribution >= 0.6 is 27.5 Å². The predicted octanol–water partition coefficient (Wildman–Crippen LogP) is 4.32. The summed E-state index contributed by atoms with van der Waals surface area (Å²) in [6.07, 6.45) is 0. The van der Waals surface area contributed by atoms with E-state index in [2.05, 4.69) is 26.2 Å². The average Bonchev–Trinajstić information content (AvgIpc) is 2.32. The first kappa shape index (κ1) is 14.3. The molecular formula is C14H14BrClN2O. The van der Waals surface area contributed by atoms with Crippen molar-refractivity contribution in [3.63, 3.8) is 0 Å². The average molecular weight is 342 g/mol. The Kier molecular flexibility index (Phi) is 4.80. The van der Waals surface area contributed by atoms with E-state index in [-0.39, 0.29) is 0 Å². The van der Waals surface area contributed by atoms with E-state index in [1.807, 2.05) is 38.2 Å². The second-order valence-corrected chi connectivity index (χ2v) is 5.49. The molecule has 0 saturated heterocycles. The molecule has 2 aromatic rings. The minimum absolute atomic E-state index is 0.549. The molecule has 1 aromatic heterocycles. The third kappa shape index (κ3) is 3.93. The van der Waals surface area contributed by atoms with Crippen LogP contribution in [-0.2, 0) is 6.54 Å². The molecule has 100 valence electrons. The summed E-state index contributed by atoms with van der Waals surface area (Å²) in [6.45, 7) is 2.71. The van der Waals surface area contributed by atoms with Crippen LogP contribution in [0.25, 0.3) is 0 Å². The summed E-state index contributed by atoms with van der Waals surface area (Å²) < 4.78 is 6.66. The van der Waals surface area contributed by atoms with Gasteiger partial charge in [0.05, 0.1) is 5.02 Å². The topological polar surface area (TPSA) is 34.2 Å². The van der Waals surface area contributed by atoms with Crippen LogP contribution < -0.4 is 10.1 Å². The molecule has 19 heavy (non-hydrogen) atoms. The number of benzene rings is 1. The fourth-order valence-corrected chi connectivity index (χ4v) is 2.45. The van der Waals surface area contributed by atoms with Crippen molar-refractivity contribution in [3.05, 3.63) is 51.1 Å². The Balaban J connectivity index is 2.27. The third-order valence-electron chi connectivity index (χ3n) is 2.48. The summed E-state index contributed by atoms with van der Waals surface area (Å²) in [6, 6.07) is 9.41. The van der Waals surface area contributed by atoms with Gasteiger partial charge in [-0.05, 0) is 43.8 Å². The first-order chi connectivity index (χ1) is 9.08. The quantitative estimate of drug-likeness (QED) is 0.899. The van der Waals surface area contributed by atoms with Gasteiger partial charge in [-0.25, -0.2) is 4.98 Å². The SMILES string of the molecule is CNCc1cc(C)nc(Oc2ccc(Br)cc2Cl)c1. The second-order valence-electron chi connectivity index (χ2n) is 4.16. The summed E-state index contributed by atoms with van der Waals surface area (Å²) in [5.74, 6) is 1.15. The van der Waals surface area contributed by atoms with Crippen LogP contribution in [0.4, 0.5) is 0 Å². The normalized spacial score (nSPS) is 10.5. The van der Waals surface area contributed by atoms with E-state index >= 15 is 0 Å². The van der Waals surface area contributed by atoms with E-state index in [0.717, 1.165) is 22.3 Å². The maximum atomic E-state index is 6.13. The van der Waals surface area contributed by atoms with Crippen LogP contribution in [0.5, 0.6) is 11.6 Å². The highest BCUT2D eigenvalue weighted by atomic mass is 79.9. The number of aromatic nitrogens is 1. The smallest absolute Gasteiger partial charge is 0.219 e. The number of aryl methyl sites for hydroxylation is 1. The molecule has 5 heteroatoms. The Labute approximate surface area is 126 Å². The van der Waals surface area contributed by atoms with Crippen LogP contribution in [0.2, 0.25) is 5.02 Å². The number of rotatable bonds is 4. The number of pyridine rings is 1. The molecule has 0 radical (unpaired) electrons. The Morgan fingerprint density at radius 2 is 2.11 bits per heavy atom. The summed E-state index contributed by atoms with van der Waals surface area (Å²) in [7, 11) is 1.90. The second kappa shape index (κ2) is 6.37. The number of hydrogen-bond acceptors (Lipinski definition) is 3. The Morgan fingerprint density at radius 1 is 1.32 bits per heavy atom. The maximum Gasteiger partial charge on any atom is 0.219 e. The van der Waals surface area contributed by atoms with Gasteiger partial charge < -0.3 is 10.1 Å². The summed E-state index contributed by atoms with van der Waals surface area (Å²) >= 11 is 9.49. The Bertz CT molecular complexity index is 590. The molecule has 0 aliphatic rings. The highest BCUT2D eigenvalue weighted by molar-refractivity contribution is 9.10. The summed E-state index contributed by atoms with van der Waals surface area (Å²) in [4.78, 5) is 4.35. The van der Waals surface area contributed by atoms with Gasteiger partial charge in [-0.1, -0.05) is 27.5 Å². The van der Waals surface area contributed by atoms with Crippen molar-refractivity contribution in [2.45, 2.75) is 13.5 Å². The maximum absolute atomic E-state index is 6.13. The highest BCUT2D eigenvalue weighted by Gasteiger charge is 2.06. The molecule has 1 heterocycles. The molecular weight excluding hydrogens is 328 g/mol. The van der Waals surface area contributed by atoms with Gasteiger partial charge in [-0.2, -0.15) is 0 Å². The van der Waals surface area contributed by atoms with Crippen LogP contribution in [0.3, 0.4) is 0 Å². The van der Waals surface area contributed by atoms with E-state index in [0.29, 0.717) is 16.7 Å². The van der Waals surface area contributed by atoms with E-state index < -0.39 is 0 Å². The van der Waals surface area contributed by atoms with Gasteiger partial charge in [0.2, 0.25) is 5.88 Å². The van der Waals surface area contributed by atoms with Gasteiger partial charge in [0.25, 0.3) is 0 Å². The number of ether oxygens (including phenoxy) is 1. The molecule has 0 atom stereocenters. The van der Waals surface area contributed by atoms with E-state index in [1.165, 1.54) is 0 Å².